The van der Waals surface area contributed by atoms with Crippen LogP contribution in [0, 0.1) is 0 Å². The monoisotopic (exact) mass is 265 g/mol. The van der Waals surface area contributed by atoms with Crippen molar-refractivity contribution in [1.29, 1.82) is 0 Å². The zero-order valence-electron chi connectivity index (χ0n) is 10.1. The summed E-state index contributed by atoms with van der Waals surface area (Å²) in [7, 11) is 0. The average Bonchev–Trinajstić information content (AvgIpc) is 2.80. The molecule has 0 spiro atoms. The molecule has 18 heavy (non-hydrogen) atoms. The molecule has 0 saturated carbocycles. The summed E-state index contributed by atoms with van der Waals surface area (Å²) in [6, 6.07) is 7.66. The number of carbonyl (C=O) groups is 1. The first kappa shape index (κ1) is 13.1. The van der Waals surface area contributed by atoms with Crippen LogP contribution in [0.1, 0.15) is 12.0 Å². The van der Waals surface area contributed by atoms with E-state index in [1.807, 2.05) is 24.3 Å². The SMILES string of the molecule is C=CC(=O)NC1(Cc2ccc(Cl)cc2)CCOC1. The Balaban J connectivity index is 2.12. The van der Waals surface area contributed by atoms with Crippen molar-refractivity contribution in [2.45, 2.75) is 18.4 Å². The first-order valence-electron chi connectivity index (χ1n) is 5.90. The first-order chi connectivity index (χ1) is 8.63. The van der Waals surface area contributed by atoms with Gasteiger partial charge in [0.2, 0.25) is 5.91 Å². The summed E-state index contributed by atoms with van der Waals surface area (Å²) in [6.07, 6.45) is 2.85. The minimum atomic E-state index is -0.320. The van der Waals surface area contributed by atoms with Crippen molar-refractivity contribution in [3.8, 4) is 0 Å². The van der Waals surface area contributed by atoms with E-state index in [2.05, 4.69) is 11.9 Å². The molecule has 1 aliphatic rings. The van der Waals surface area contributed by atoms with Gasteiger partial charge in [-0.05, 0) is 36.6 Å². The third kappa shape index (κ3) is 3.12. The van der Waals surface area contributed by atoms with E-state index in [0.717, 1.165) is 18.4 Å². The summed E-state index contributed by atoms with van der Waals surface area (Å²) in [5.41, 5.74) is 0.813. The summed E-state index contributed by atoms with van der Waals surface area (Å²) < 4.78 is 5.43. The van der Waals surface area contributed by atoms with Gasteiger partial charge in [-0.15, -0.1) is 0 Å². The molecule has 1 unspecified atom stereocenters. The summed E-state index contributed by atoms with van der Waals surface area (Å²) in [5.74, 6) is -0.158. The summed E-state index contributed by atoms with van der Waals surface area (Å²) in [4.78, 5) is 11.5. The third-order valence-electron chi connectivity index (χ3n) is 3.13. The largest absolute Gasteiger partial charge is 0.379 e. The number of carbonyl (C=O) groups excluding carboxylic acids is 1. The predicted molar refractivity (Wildman–Crippen MR) is 71.7 cm³/mol. The van der Waals surface area contributed by atoms with Crippen LogP contribution in [0.4, 0.5) is 0 Å². The number of hydrogen-bond acceptors (Lipinski definition) is 2. The Kier molecular flexibility index (Phi) is 4.04. The lowest BCUT2D eigenvalue weighted by Gasteiger charge is -2.28. The van der Waals surface area contributed by atoms with E-state index < -0.39 is 0 Å². The van der Waals surface area contributed by atoms with Gasteiger partial charge in [-0.1, -0.05) is 30.3 Å². The molecule has 0 radical (unpaired) electrons. The maximum Gasteiger partial charge on any atom is 0.243 e. The molecule has 1 saturated heterocycles. The van der Waals surface area contributed by atoms with E-state index in [9.17, 15) is 4.79 Å². The molecule has 1 N–H and O–H groups in total. The van der Waals surface area contributed by atoms with Crippen LogP contribution in [-0.2, 0) is 16.0 Å². The van der Waals surface area contributed by atoms with Crippen LogP contribution in [0.25, 0.3) is 0 Å². The zero-order chi connectivity index (χ0) is 13.0. The second-order valence-corrected chi connectivity index (χ2v) is 5.02. The van der Waals surface area contributed by atoms with E-state index in [1.54, 1.807) is 0 Å². The van der Waals surface area contributed by atoms with Gasteiger partial charge in [0.25, 0.3) is 0 Å². The molecule has 0 bridgehead atoms. The Morgan fingerprint density at radius 2 is 2.22 bits per heavy atom. The lowest BCUT2D eigenvalue weighted by molar-refractivity contribution is -0.118. The maximum atomic E-state index is 11.5. The molecule has 0 aliphatic carbocycles. The van der Waals surface area contributed by atoms with Crippen LogP contribution in [-0.4, -0.2) is 24.7 Å². The Bertz CT molecular complexity index is 436. The Labute approximate surface area is 112 Å². The van der Waals surface area contributed by atoms with Gasteiger partial charge in [0.05, 0.1) is 12.1 Å². The number of rotatable bonds is 4. The van der Waals surface area contributed by atoms with Gasteiger partial charge in [-0.25, -0.2) is 0 Å². The maximum absolute atomic E-state index is 11.5. The molecule has 1 aromatic carbocycles. The van der Waals surface area contributed by atoms with Gasteiger partial charge in [-0.3, -0.25) is 4.79 Å². The molecule has 96 valence electrons. The quantitative estimate of drug-likeness (QED) is 0.849. The van der Waals surface area contributed by atoms with Crippen LogP contribution in [0.15, 0.2) is 36.9 Å². The van der Waals surface area contributed by atoms with Crippen molar-refractivity contribution < 1.29 is 9.53 Å². The molecule has 1 heterocycles. The van der Waals surface area contributed by atoms with Crippen LogP contribution < -0.4 is 5.32 Å². The highest BCUT2D eigenvalue weighted by molar-refractivity contribution is 6.30. The Hall–Kier alpha value is -1.32. The standard InChI is InChI=1S/C14H16ClNO2/c1-2-13(17)16-14(7-8-18-10-14)9-11-3-5-12(15)6-4-11/h2-6H,1,7-10H2,(H,16,17). The second kappa shape index (κ2) is 5.55. The fourth-order valence-electron chi connectivity index (χ4n) is 2.19. The Morgan fingerprint density at radius 3 is 2.78 bits per heavy atom. The van der Waals surface area contributed by atoms with Gasteiger partial charge in [-0.2, -0.15) is 0 Å². The second-order valence-electron chi connectivity index (χ2n) is 4.58. The van der Waals surface area contributed by atoms with Crippen LogP contribution >= 0.6 is 11.6 Å². The molecular weight excluding hydrogens is 250 g/mol. The molecule has 1 atom stereocenters. The summed E-state index contributed by atoms with van der Waals surface area (Å²) >= 11 is 5.86. The van der Waals surface area contributed by atoms with Crippen LogP contribution in [0.5, 0.6) is 0 Å². The van der Waals surface area contributed by atoms with Crippen molar-refractivity contribution >= 4 is 17.5 Å². The van der Waals surface area contributed by atoms with E-state index in [4.69, 9.17) is 16.3 Å². The highest BCUT2D eigenvalue weighted by atomic mass is 35.5. The highest BCUT2D eigenvalue weighted by Gasteiger charge is 2.35. The number of hydrogen-bond donors (Lipinski definition) is 1. The normalized spacial score (nSPS) is 22.7. The highest BCUT2D eigenvalue weighted by Crippen LogP contribution is 2.24. The van der Waals surface area contributed by atoms with Crippen molar-refractivity contribution in [3.63, 3.8) is 0 Å². The minimum absolute atomic E-state index is 0.158. The average molecular weight is 266 g/mol. The molecule has 1 aromatic rings. The number of amides is 1. The molecule has 0 aromatic heterocycles. The van der Waals surface area contributed by atoms with E-state index in [-0.39, 0.29) is 11.4 Å². The minimum Gasteiger partial charge on any atom is -0.379 e. The van der Waals surface area contributed by atoms with Gasteiger partial charge in [0.1, 0.15) is 0 Å². The van der Waals surface area contributed by atoms with E-state index >= 15 is 0 Å². The lowest BCUT2D eigenvalue weighted by Crippen LogP contribution is -2.50. The fraction of sp³-hybridized carbons (Fsp3) is 0.357. The van der Waals surface area contributed by atoms with Crippen molar-refractivity contribution in [1.82, 2.24) is 5.32 Å². The molecule has 4 heteroatoms. The molecule has 3 nitrogen and oxygen atoms in total. The first-order valence-corrected chi connectivity index (χ1v) is 6.28. The van der Waals surface area contributed by atoms with E-state index in [1.165, 1.54) is 6.08 Å². The molecular formula is C14H16ClNO2. The summed E-state index contributed by atoms with van der Waals surface area (Å²) in [5, 5.41) is 3.70. The zero-order valence-corrected chi connectivity index (χ0v) is 10.9. The van der Waals surface area contributed by atoms with Gasteiger partial charge < -0.3 is 10.1 Å². The van der Waals surface area contributed by atoms with Gasteiger partial charge >= 0.3 is 0 Å². The topological polar surface area (TPSA) is 38.3 Å². The van der Waals surface area contributed by atoms with Gasteiger partial charge in [0.15, 0.2) is 0 Å². The van der Waals surface area contributed by atoms with Crippen molar-refractivity contribution in [3.05, 3.63) is 47.5 Å². The van der Waals surface area contributed by atoms with Gasteiger partial charge in [0, 0.05) is 11.6 Å². The third-order valence-corrected chi connectivity index (χ3v) is 3.38. The molecule has 2 rings (SSSR count). The fourth-order valence-corrected chi connectivity index (χ4v) is 2.32. The molecule has 1 fully saturated rings. The van der Waals surface area contributed by atoms with Crippen LogP contribution in [0.2, 0.25) is 5.02 Å². The van der Waals surface area contributed by atoms with Crippen LogP contribution in [0.3, 0.4) is 0 Å². The Morgan fingerprint density at radius 1 is 1.50 bits per heavy atom. The van der Waals surface area contributed by atoms with Crippen molar-refractivity contribution in [2.75, 3.05) is 13.2 Å². The van der Waals surface area contributed by atoms with E-state index in [0.29, 0.717) is 18.2 Å². The van der Waals surface area contributed by atoms with Crippen molar-refractivity contribution in [2.24, 2.45) is 0 Å². The summed E-state index contributed by atoms with van der Waals surface area (Å²) in [6.45, 7) is 4.69. The smallest absolute Gasteiger partial charge is 0.243 e. The number of halogens is 1. The number of benzene rings is 1. The lowest BCUT2D eigenvalue weighted by atomic mass is 9.90. The number of nitrogens with one attached hydrogen (secondary N) is 1. The molecule has 1 amide bonds. The molecule has 1 aliphatic heterocycles. The number of ether oxygens (including phenoxy) is 1. The predicted octanol–water partition coefficient (Wildman–Crippen LogP) is 2.34.